The Balaban J connectivity index is 2.61. The van der Waals surface area contributed by atoms with E-state index in [1.54, 1.807) is 6.07 Å². The van der Waals surface area contributed by atoms with Crippen LogP contribution in [0, 0.1) is 11.7 Å². The lowest BCUT2D eigenvalue weighted by molar-refractivity contribution is 0.231. The second kappa shape index (κ2) is 6.86. The first kappa shape index (κ1) is 15.1. The fourth-order valence-corrected chi connectivity index (χ4v) is 2.26. The van der Waals surface area contributed by atoms with E-state index in [0.29, 0.717) is 5.92 Å². The molecule has 0 spiro atoms. The number of benzene rings is 1. The van der Waals surface area contributed by atoms with Crippen molar-refractivity contribution < 1.29 is 4.39 Å². The lowest BCUT2D eigenvalue weighted by Crippen LogP contribution is -2.37. The summed E-state index contributed by atoms with van der Waals surface area (Å²) < 4.78 is 13.7. The van der Waals surface area contributed by atoms with Crippen LogP contribution in [-0.4, -0.2) is 24.5 Å². The van der Waals surface area contributed by atoms with Crippen molar-refractivity contribution in [2.75, 3.05) is 13.6 Å². The molecule has 0 aromatic heterocycles. The molecule has 2 nitrogen and oxygen atoms in total. The van der Waals surface area contributed by atoms with E-state index in [4.69, 9.17) is 5.73 Å². The quantitative estimate of drug-likeness (QED) is 0.842. The summed E-state index contributed by atoms with van der Waals surface area (Å²) in [6, 6.07) is 7.12. The first-order chi connectivity index (χ1) is 8.41. The zero-order valence-electron chi connectivity index (χ0n) is 11.9. The van der Waals surface area contributed by atoms with Crippen LogP contribution in [0.2, 0.25) is 0 Å². The minimum absolute atomic E-state index is 0.0458. The van der Waals surface area contributed by atoms with Crippen molar-refractivity contribution in [3.05, 3.63) is 35.6 Å². The average Bonchev–Trinajstić information content (AvgIpc) is 2.27. The number of likely N-dealkylation sites (N-methyl/N-ethyl adjacent to an activating group) is 1. The number of hydrogen-bond acceptors (Lipinski definition) is 2. The largest absolute Gasteiger partial charge is 0.327 e. The molecule has 3 heteroatoms. The van der Waals surface area contributed by atoms with Crippen LogP contribution in [0.15, 0.2) is 24.3 Å². The Morgan fingerprint density at radius 2 is 1.83 bits per heavy atom. The van der Waals surface area contributed by atoms with Gasteiger partial charge in [0.15, 0.2) is 0 Å². The molecule has 0 fully saturated rings. The Labute approximate surface area is 110 Å². The standard InChI is InChI=1S/C15H25FN2/c1-11(2)9-13(17)10-18(4)12(3)14-7-5-6-8-15(14)16/h5-8,11-13H,9-10,17H2,1-4H3. The van der Waals surface area contributed by atoms with Crippen LogP contribution in [0.1, 0.15) is 38.8 Å². The molecule has 0 heterocycles. The van der Waals surface area contributed by atoms with Crippen LogP contribution in [0.3, 0.4) is 0 Å². The second-order valence-corrected chi connectivity index (χ2v) is 5.53. The molecule has 0 aliphatic rings. The number of rotatable bonds is 6. The summed E-state index contributed by atoms with van der Waals surface area (Å²) in [5.74, 6) is 0.450. The highest BCUT2D eigenvalue weighted by Crippen LogP contribution is 2.21. The normalized spacial score (nSPS) is 15.1. The molecule has 2 atom stereocenters. The van der Waals surface area contributed by atoms with Crippen molar-refractivity contribution in [2.45, 2.75) is 39.3 Å². The van der Waals surface area contributed by atoms with Gasteiger partial charge in [0.25, 0.3) is 0 Å². The highest BCUT2D eigenvalue weighted by atomic mass is 19.1. The van der Waals surface area contributed by atoms with Gasteiger partial charge in [-0.15, -0.1) is 0 Å². The number of halogens is 1. The maximum Gasteiger partial charge on any atom is 0.127 e. The Bertz CT molecular complexity index is 365. The number of nitrogens with zero attached hydrogens (tertiary/aromatic N) is 1. The fraction of sp³-hybridized carbons (Fsp3) is 0.600. The van der Waals surface area contributed by atoms with Gasteiger partial charge < -0.3 is 5.73 Å². The molecule has 2 N–H and O–H groups in total. The van der Waals surface area contributed by atoms with Crippen molar-refractivity contribution in [1.82, 2.24) is 4.90 Å². The smallest absolute Gasteiger partial charge is 0.127 e. The van der Waals surface area contributed by atoms with E-state index < -0.39 is 0 Å². The van der Waals surface area contributed by atoms with Gasteiger partial charge in [0.1, 0.15) is 5.82 Å². The molecule has 1 aromatic carbocycles. The van der Waals surface area contributed by atoms with Gasteiger partial charge in [-0.25, -0.2) is 4.39 Å². The van der Waals surface area contributed by atoms with Gasteiger partial charge in [0, 0.05) is 24.2 Å². The van der Waals surface area contributed by atoms with Gasteiger partial charge in [0.05, 0.1) is 0 Å². The molecule has 2 unspecified atom stereocenters. The highest BCUT2D eigenvalue weighted by Gasteiger charge is 2.17. The monoisotopic (exact) mass is 252 g/mol. The zero-order valence-corrected chi connectivity index (χ0v) is 11.9. The van der Waals surface area contributed by atoms with E-state index in [9.17, 15) is 4.39 Å². The average molecular weight is 252 g/mol. The molecule has 18 heavy (non-hydrogen) atoms. The molecule has 0 aliphatic carbocycles. The number of nitrogens with two attached hydrogens (primary N) is 1. The van der Waals surface area contributed by atoms with E-state index in [1.807, 2.05) is 26.1 Å². The topological polar surface area (TPSA) is 29.3 Å². The van der Waals surface area contributed by atoms with Crippen LogP contribution >= 0.6 is 0 Å². The maximum atomic E-state index is 13.7. The SMILES string of the molecule is CC(C)CC(N)CN(C)C(C)c1ccccc1F. The van der Waals surface area contributed by atoms with Crippen LogP contribution in [0.25, 0.3) is 0 Å². The van der Waals surface area contributed by atoms with Crippen LogP contribution in [0.5, 0.6) is 0 Å². The summed E-state index contributed by atoms with van der Waals surface area (Å²) in [4.78, 5) is 2.12. The van der Waals surface area contributed by atoms with E-state index >= 15 is 0 Å². The first-order valence-corrected chi connectivity index (χ1v) is 6.62. The molecule has 0 radical (unpaired) electrons. The molecular formula is C15H25FN2. The second-order valence-electron chi connectivity index (χ2n) is 5.53. The van der Waals surface area contributed by atoms with E-state index in [2.05, 4.69) is 18.7 Å². The third kappa shape index (κ3) is 4.39. The summed E-state index contributed by atoms with van der Waals surface area (Å²) in [7, 11) is 2.00. The summed E-state index contributed by atoms with van der Waals surface area (Å²) >= 11 is 0. The Kier molecular flexibility index (Phi) is 5.76. The molecule has 0 amide bonds. The summed E-state index contributed by atoms with van der Waals surface area (Å²) in [5.41, 5.74) is 6.83. The molecule has 1 rings (SSSR count). The van der Waals surface area contributed by atoms with Gasteiger partial charge >= 0.3 is 0 Å². The lowest BCUT2D eigenvalue weighted by Gasteiger charge is -2.28. The predicted octanol–water partition coefficient (Wildman–Crippen LogP) is 3.19. The molecule has 102 valence electrons. The summed E-state index contributed by atoms with van der Waals surface area (Å²) in [6.45, 7) is 7.13. The molecule has 0 aliphatic heterocycles. The number of hydrogen-bond donors (Lipinski definition) is 1. The zero-order chi connectivity index (χ0) is 13.7. The minimum atomic E-state index is -0.144. The van der Waals surface area contributed by atoms with Crippen LogP contribution in [-0.2, 0) is 0 Å². The van der Waals surface area contributed by atoms with Crippen molar-refractivity contribution >= 4 is 0 Å². The van der Waals surface area contributed by atoms with Gasteiger partial charge in [-0.05, 0) is 32.4 Å². The Morgan fingerprint density at radius 3 is 2.39 bits per heavy atom. The third-order valence-electron chi connectivity index (χ3n) is 3.31. The molecule has 0 bridgehead atoms. The Hall–Kier alpha value is -0.930. The first-order valence-electron chi connectivity index (χ1n) is 6.62. The molecular weight excluding hydrogens is 227 g/mol. The van der Waals surface area contributed by atoms with Gasteiger partial charge in [-0.3, -0.25) is 4.90 Å². The maximum absolute atomic E-state index is 13.7. The molecule has 0 saturated heterocycles. The van der Waals surface area contributed by atoms with Gasteiger partial charge in [0.2, 0.25) is 0 Å². The van der Waals surface area contributed by atoms with E-state index in [0.717, 1.165) is 18.5 Å². The van der Waals surface area contributed by atoms with E-state index in [1.165, 1.54) is 6.07 Å². The Morgan fingerprint density at radius 1 is 1.22 bits per heavy atom. The van der Waals surface area contributed by atoms with Crippen molar-refractivity contribution in [3.8, 4) is 0 Å². The summed E-state index contributed by atoms with van der Waals surface area (Å²) in [5, 5.41) is 0. The van der Waals surface area contributed by atoms with E-state index in [-0.39, 0.29) is 17.9 Å². The van der Waals surface area contributed by atoms with Crippen molar-refractivity contribution in [3.63, 3.8) is 0 Å². The van der Waals surface area contributed by atoms with Crippen LogP contribution in [0.4, 0.5) is 4.39 Å². The van der Waals surface area contributed by atoms with Crippen LogP contribution < -0.4 is 5.73 Å². The minimum Gasteiger partial charge on any atom is -0.327 e. The predicted molar refractivity (Wildman–Crippen MR) is 74.9 cm³/mol. The van der Waals surface area contributed by atoms with Gasteiger partial charge in [-0.1, -0.05) is 32.0 Å². The summed E-state index contributed by atoms with van der Waals surface area (Å²) in [6.07, 6.45) is 0.994. The third-order valence-corrected chi connectivity index (χ3v) is 3.31. The molecule has 0 saturated carbocycles. The fourth-order valence-electron chi connectivity index (χ4n) is 2.26. The lowest BCUT2D eigenvalue weighted by atomic mass is 10.0. The van der Waals surface area contributed by atoms with Crippen molar-refractivity contribution in [1.29, 1.82) is 0 Å². The highest BCUT2D eigenvalue weighted by molar-refractivity contribution is 5.20. The van der Waals surface area contributed by atoms with Crippen molar-refractivity contribution in [2.24, 2.45) is 11.7 Å². The van der Waals surface area contributed by atoms with Gasteiger partial charge in [-0.2, -0.15) is 0 Å². The molecule has 1 aromatic rings.